The van der Waals surface area contributed by atoms with Crippen LogP contribution in [-0.2, 0) is 0 Å². The number of amidine groups is 1. The van der Waals surface area contributed by atoms with Gasteiger partial charge in [0.1, 0.15) is 18.2 Å². The topological polar surface area (TPSA) is 67.0 Å². The Balaban J connectivity index is 1.44. The van der Waals surface area contributed by atoms with Gasteiger partial charge < -0.3 is 15.4 Å². The Morgan fingerprint density at radius 3 is 2.63 bits per heavy atom. The van der Waals surface area contributed by atoms with Gasteiger partial charge in [-0.25, -0.2) is 4.99 Å². The molecule has 2 aliphatic rings. The van der Waals surface area contributed by atoms with Crippen LogP contribution in [0.4, 0.5) is 5.69 Å². The SMILES string of the molecule is NC1=NC=C(c2ccc(OCCN3CCCC3)cc2)N(c2cccnc2)C1. The predicted molar refractivity (Wildman–Crippen MR) is 109 cm³/mol. The van der Waals surface area contributed by atoms with Crippen molar-refractivity contribution in [2.45, 2.75) is 12.8 Å². The summed E-state index contributed by atoms with van der Waals surface area (Å²) in [7, 11) is 0. The molecule has 0 spiro atoms. The highest BCUT2D eigenvalue weighted by molar-refractivity contribution is 5.95. The summed E-state index contributed by atoms with van der Waals surface area (Å²) in [6, 6.07) is 12.1. The summed E-state index contributed by atoms with van der Waals surface area (Å²) >= 11 is 0. The van der Waals surface area contributed by atoms with Gasteiger partial charge in [0.05, 0.1) is 30.3 Å². The van der Waals surface area contributed by atoms with Crippen molar-refractivity contribution in [1.29, 1.82) is 0 Å². The quantitative estimate of drug-likeness (QED) is 0.855. The third kappa shape index (κ3) is 4.28. The van der Waals surface area contributed by atoms with Gasteiger partial charge in [-0.05, 0) is 62.3 Å². The molecule has 2 N–H and O–H groups in total. The summed E-state index contributed by atoms with van der Waals surface area (Å²) in [4.78, 5) is 13.1. The molecule has 2 aliphatic heterocycles. The van der Waals surface area contributed by atoms with E-state index < -0.39 is 0 Å². The Bertz CT molecular complexity index is 810. The normalized spacial score (nSPS) is 17.6. The second-order valence-corrected chi connectivity index (χ2v) is 6.85. The molecule has 0 radical (unpaired) electrons. The molecule has 6 nitrogen and oxygen atoms in total. The maximum atomic E-state index is 5.95. The monoisotopic (exact) mass is 363 g/mol. The van der Waals surface area contributed by atoms with Crippen LogP contribution in [0.1, 0.15) is 18.4 Å². The average molecular weight is 363 g/mol. The van der Waals surface area contributed by atoms with E-state index in [1.54, 1.807) is 6.20 Å². The molecule has 0 amide bonds. The zero-order valence-corrected chi connectivity index (χ0v) is 15.4. The van der Waals surface area contributed by atoms with Gasteiger partial charge in [-0.3, -0.25) is 9.88 Å². The van der Waals surface area contributed by atoms with Gasteiger partial charge >= 0.3 is 0 Å². The number of likely N-dealkylation sites (tertiary alicyclic amines) is 1. The predicted octanol–water partition coefficient (Wildman–Crippen LogP) is 2.73. The van der Waals surface area contributed by atoms with E-state index in [1.165, 1.54) is 25.9 Å². The first kappa shape index (κ1) is 17.5. The number of anilines is 1. The number of benzene rings is 1. The maximum absolute atomic E-state index is 5.95. The van der Waals surface area contributed by atoms with Crippen LogP contribution in [0.25, 0.3) is 5.70 Å². The Morgan fingerprint density at radius 1 is 1.07 bits per heavy atom. The number of ether oxygens (including phenoxy) is 1. The smallest absolute Gasteiger partial charge is 0.119 e. The van der Waals surface area contributed by atoms with Crippen molar-refractivity contribution < 1.29 is 4.74 Å². The van der Waals surface area contributed by atoms with Crippen molar-refractivity contribution in [3.63, 3.8) is 0 Å². The molecule has 27 heavy (non-hydrogen) atoms. The van der Waals surface area contributed by atoms with E-state index in [0.29, 0.717) is 12.4 Å². The number of nitrogens with two attached hydrogens (primary N) is 1. The molecule has 1 saturated heterocycles. The van der Waals surface area contributed by atoms with Crippen molar-refractivity contribution in [3.05, 3.63) is 60.6 Å². The lowest BCUT2D eigenvalue weighted by molar-refractivity contribution is 0.238. The molecule has 1 aromatic carbocycles. The summed E-state index contributed by atoms with van der Waals surface area (Å²) in [5.41, 5.74) is 9.02. The number of pyridine rings is 1. The Morgan fingerprint density at radius 2 is 1.89 bits per heavy atom. The van der Waals surface area contributed by atoms with E-state index in [0.717, 1.165) is 35.8 Å². The molecule has 2 aromatic rings. The number of hydrogen-bond acceptors (Lipinski definition) is 6. The molecule has 0 bridgehead atoms. The van der Waals surface area contributed by atoms with Crippen LogP contribution in [0.3, 0.4) is 0 Å². The molecule has 0 unspecified atom stereocenters. The summed E-state index contributed by atoms with van der Waals surface area (Å²) in [6.07, 6.45) is 8.04. The van der Waals surface area contributed by atoms with Crippen LogP contribution in [0.5, 0.6) is 5.75 Å². The molecule has 0 aliphatic carbocycles. The second-order valence-electron chi connectivity index (χ2n) is 6.85. The Labute approximate surface area is 160 Å². The minimum absolute atomic E-state index is 0.547. The lowest BCUT2D eigenvalue weighted by atomic mass is 10.1. The van der Waals surface area contributed by atoms with Crippen molar-refractivity contribution in [3.8, 4) is 5.75 Å². The van der Waals surface area contributed by atoms with E-state index >= 15 is 0 Å². The van der Waals surface area contributed by atoms with Gasteiger partial charge in [0.25, 0.3) is 0 Å². The van der Waals surface area contributed by atoms with E-state index in [2.05, 4.69) is 31.9 Å². The molecule has 0 atom stereocenters. The first-order valence-corrected chi connectivity index (χ1v) is 9.45. The van der Waals surface area contributed by atoms with Crippen LogP contribution in [0.2, 0.25) is 0 Å². The fraction of sp³-hybridized carbons (Fsp3) is 0.333. The number of rotatable bonds is 6. The van der Waals surface area contributed by atoms with Crippen LogP contribution >= 0.6 is 0 Å². The third-order valence-corrected chi connectivity index (χ3v) is 4.95. The van der Waals surface area contributed by atoms with Gasteiger partial charge in [-0.15, -0.1) is 0 Å². The highest BCUT2D eigenvalue weighted by Gasteiger charge is 2.19. The van der Waals surface area contributed by atoms with Crippen molar-refractivity contribution in [2.75, 3.05) is 37.7 Å². The first-order chi connectivity index (χ1) is 13.3. The van der Waals surface area contributed by atoms with Crippen LogP contribution in [0.15, 0.2) is 60.0 Å². The summed E-state index contributed by atoms with van der Waals surface area (Å²) in [6.45, 7) is 4.67. The average Bonchev–Trinajstić information content (AvgIpc) is 3.23. The number of nitrogens with zero attached hydrogens (tertiary/aromatic N) is 4. The number of aromatic nitrogens is 1. The zero-order chi connectivity index (χ0) is 18.5. The lowest BCUT2D eigenvalue weighted by Gasteiger charge is -2.29. The van der Waals surface area contributed by atoms with Gasteiger partial charge in [0.2, 0.25) is 0 Å². The van der Waals surface area contributed by atoms with Crippen molar-refractivity contribution in [1.82, 2.24) is 9.88 Å². The minimum atomic E-state index is 0.547. The minimum Gasteiger partial charge on any atom is -0.492 e. The number of hydrogen-bond donors (Lipinski definition) is 1. The van der Waals surface area contributed by atoms with Crippen LogP contribution in [-0.4, -0.2) is 48.5 Å². The maximum Gasteiger partial charge on any atom is 0.119 e. The van der Waals surface area contributed by atoms with E-state index in [9.17, 15) is 0 Å². The fourth-order valence-electron chi connectivity index (χ4n) is 3.50. The zero-order valence-electron chi connectivity index (χ0n) is 15.4. The van der Waals surface area contributed by atoms with Crippen molar-refractivity contribution >= 4 is 17.2 Å². The number of aliphatic imine (C=N–C) groups is 1. The Hall–Kier alpha value is -2.86. The molecule has 140 valence electrons. The van der Waals surface area contributed by atoms with Gasteiger partial charge in [-0.1, -0.05) is 0 Å². The second kappa shape index (κ2) is 8.22. The van der Waals surface area contributed by atoms with Gasteiger partial charge in [0.15, 0.2) is 0 Å². The molecule has 1 aromatic heterocycles. The standard InChI is InChI=1S/C21H25N5O/c22-21-16-26(18-4-3-9-23-14-18)20(15-24-21)17-5-7-19(8-6-17)27-13-12-25-10-1-2-11-25/h3-9,14-15H,1-2,10-13,16H2,(H2,22,24). The molecule has 4 rings (SSSR count). The largest absolute Gasteiger partial charge is 0.492 e. The van der Waals surface area contributed by atoms with Gasteiger partial charge in [-0.2, -0.15) is 0 Å². The van der Waals surface area contributed by atoms with E-state index in [1.807, 2.05) is 36.7 Å². The summed E-state index contributed by atoms with van der Waals surface area (Å²) in [5.74, 6) is 1.48. The highest BCUT2D eigenvalue weighted by atomic mass is 16.5. The molecule has 1 fully saturated rings. The molecule has 0 saturated carbocycles. The van der Waals surface area contributed by atoms with E-state index in [-0.39, 0.29) is 0 Å². The molecule has 3 heterocycles. The van der Waals surface area contributed by atoms with E-state index in [4.69, 9.17) is 10.5 Å². The highest BCUT2D eigenvalue weighted by Crippen LogP contribution is 2.28. The summed E-state index contributed by atoms with van der Waals surface area (Å²) in [5, 5.41) is 0. The van der Waals surface area contributed by atoms with Crippen LogP contribution in [0, 0.1) is 0 Å². The molecular formula is C21H25N5O. The first-order valence-electron chi connectivity index (χ1n) is 9.45. The van der Waals surface area contributed by atoms with Crippen molar-refractivity contribution in [2.24, 2.45) is 10.7 Å². The Kier molecular flexibility index (Phi) is 5.34. The fourth-order valence-corrected chi connectivity index (χ4v) is 3.50. The van der Waals surface area contributed by atoms with Crippen LogP contribution < -0.4 is 15.4 Å². The molecular weight excluding hydrogens is 338 g/mol. The lowest BCUT2D eigenvalue weighted by Crippen LogP contribution is -2.35. The molecule has 6 heteroatoms. The van der Waals surface area contributed by atoms with Gasteiger partial charge in [0, 0.05) is 18.3 Å². The third-order valence-electron chi connectivity index (χ3n) is 4.95. The summed E-state index contributed by atoms with van der Waals surface area (Å²) < 4.78 is 5.91.